The second kappa shape index (κ2) is 5.28. The van der Waals surface area contributed by atoms with Gasteiger partial charge in [-0.1, -0.05) is 40.2 Å². The Balaban J connectivity index is 1.88. The standard InChI is InChI=1S/C17H15BrF2/c1-10-6-14(16(20)9-15(10)19)17(18)13-7-11-4-2-3-5-12(11)8-13/h2-6,9,13,17H,7-8H2,1H3. The molecule has 0 fully saturated rings. The van der Waals surface area contributed by atoms with Crippen LogP contribution in [0.25, 0.3) is 0 Å². The number of rotatable bonds is 2. The lowest BCUT2D eigenvalue weighted by molar-refractivity contribution is 0.516. The first-order valence-electron chi connectivity index (χ1n) is 6.72. The molecule has 104 valence electrons. The highest BCUT2D eigenvalue weighted by atomic mass is 79.9. The van der Waals surface area contributed by atoms with Crippen molar-refractivity contribution in [2.24, 2.45) is 5.92 Å². The Morgan fingerprint density at radius 1 is 1.05 bits per heavy atom. The summed E-state index contributed by atoms with van der Waals surface area (Å²) in [5, 5.41) is 0. The Bertz CT molecular complexity index is 626. The van der Waals surface area contributed by atoms with Gasteiger partial charge in [0, 0.05) is 16.5 Å². The van der Waals surface area contributed by atoms with Crippen LogP contribution >= 0.6 is 15.9 Å². The lowest BCUT2D eigenvalue weighted by atomic mass is 9.95. The van der Waals surface area contributed by atoms with Crippen LogP contribution in [0.4, 0.5) is 8.78 Å². The van der Waals surface area contributed by atoms with Crippen LogP contribution in [-0.4, -0.2) is 0 Å². The second-order valence-corrected chi connectivity index (χ2v) is 6.45. The first-order valence-corrected chi connectivity index (χ1v) is 7.64. The molecule has 2 aromatic rings. The summed E-state index contributed by atoms with van der Waals surface area (Å²) in [5.41, 5.74) is 3.71. The number of hydrogen-bond donors (Lipinski definition) is 0. The monoisotopic (exact) mass is 336 g/mol. The molecule has 20 heavy (non-hydrogen) atoms. The average molecular weight is 337 g/mol. The van der Waals surface area contributed by atoms with Gasteiger partial charge in [0.15, 0.2) is 0 Å². The number of hydrogen-bond acceptors (Lipinski definition) is 0. The lowest BCUT2D eigenvalue weighted by Gasteiger charge is -2.19. The zero-order valence-electron chi connectivity index (χ0n) is 11.2. The van der Waals surface area contributed by atoms with Crippen LogP contribution in [0, 0.1) is 24.5 Å². The maximum Gasteiger partial charge on any atom is 0.130 e. The summed E-state index contributed by atoms with van der Waals surface area (Å²) < 4.78 is 27.4. The molecule has 3 heteroatoms. The lowest BCUT2D eigenvalue weighted by Crippen LogP contribution is -2.10. The molecule has 0 heterocycles. The molecule has 3 rings (SSSR count). The van der Waals surface area contributed by atoms with Crippen molar-refractivity contribution in [1.29, 1.82) is 0 Å². The summed E-state index contributed by atoms with van der Waals surface area (Å²) in [6, 6.07) is 10.9. The van der Waals surface area contributed by atoms with Crippen LogP contribution < -0.4 is 0 Å². The van der Waals surface area contributed by atoms with Crippen molar-refractivity contribution in [1.82, 2.24) is 0 Å². The van der Waals surface area contributed by atoms with Gasteiger partial charge in [-0.2, -0.15) is 0 Å². The summed E-state index contributed by atoms with van der Waals surface area (Å²) in [5.74, 6) is -0.640. The van der Waals surface area contributed by atoms with Gasteiger partial charge >= 0.3 is 0 Å². The highest BCUT2D eigenvalue weighted by Gasteiger charge is 2.29. The third-order valence-electron chi connectivity index (χ3n) is 4.07. The van der Waals surface area contributed by atoms with Gasteiger partial charge < -0.3 is 0 Å². The van der Waals surface area contributed by atoms with E-state index in [1.165, 1.54) is 11.1 Å². The molecule has 0 saturated carbocycles. The minimum atomic E-state index is -0.486. The molecule has 0 N–H and O–H groups in total. The van der Waals surface area contributed by atoms with Gasteiger partial charge in [0.1, 0.15) is 11.6 Å². The molecular weight excluding hydrogens is 322 g/mol. The number of benzene rings is 2. The van der Waals surface area contributed by atoms with Crippen LogP contribution in [-0.2, 0) is 12.8 Å². The fourth-order valence-electron chi connectivity index (χ4n) is 2.94. The van der Waals surface area contributed by atoms with E-state index in [4.69, 9.17) is 0 Å². The maximum absolute atomic E-state index is 14.0. The van der Waals surface area contributed by atoms with Crippen molar-refractivity contribution in [3.63, 3.8) is 0 Å². The molecule has 0 spiro atoms. The smallest absolute Gasteiger partial charge is 0.130 e. The van der Waals surface area contributed by atoms with E-state index in [1.54, 1.807) is 13.0 Å². The van der Waals surface area contributed by atoms with Gasteiger partial charge in [0.2, 0.25) is 0 Å². The zero-order valence-corrected chi connectivity index (χ0v) is 12.8. The maximum atomic E-state index is 14.0. The molecule has 0 nitrogen and oxygen atoms in total. The van der Waals surface area contributed by atoms with Gasteiger partial charge in [0.05, 0.1) is 0 Å². The molecular formula is C17H15BrF2. The third-order valence-corrected chi connectivity index (χ3v) is 5.31. The van der Waals surface area contributed by atoms with Gasteiger partial charge in [-0.15, -0.1) is 0 Å². The Hall–Kier alpha value is -1.22. The fourth-order valence-corrected chi connectivity index (χ4v) is 3.67. The van der Waals surface area contributed by atoms with E-state index >= 15 is 0 Å². The zero-order chi connectivity index (χ0) is 14.3. The van der Waals surface area contributed by atoms with E-state index in [0.29, 0.717) is 17.0 Å². The van der Waals surface area contributed by atoms with Crippen LogP contribution in [0.5, 0.6) is 0 Å². The van der Waals surface area contributed by atoms with Crippen molar-refractivity contribution in [2.75, 3.05) is 0 Å². The second-order valence-electron chi connectivity index (χ2n) is 5.46. The van der Waals surface area contributed by atoms with Gasteiger partial charge in [-0.3, -0.25) is 0 Å². The summed E-state index contributed by atoms with van der Waals surface area (Å²) >= 11 is 3.62. The number of halogens is 3. The molecule has 2 aromatic carbocycles. The van der Waals surface area contributed by atoms with Crippen LogP contribution in [0.1, 0.15) is 27.1 Å². The van der Waals surface area contributed by atoms with Crippen molar-refractivity contribution < 1.29 is 8.78 Å². The van der Waals surface area contributed by atoms with E-state index in [9.17, 15) is 8.78 Å². The van der Waals surface area contributed by atoms with E-state index in [-0.39, 0.29) is 4.83 Å². The highest BCUT2D eigenvalue weighted by molar-refractivity contribution is 9.09. The minimum absolute atomic E-state index is 0.0887. The van der Waals surface area contributed by atoms with E-state index in [2.05, 4.69) is 28.1 Å². The SMILES string of the molecule is Cc1cc(C(Br)C2Cc3ccccc3C2)c(F)cc1F. The minimum Gasteiger partial charge on any atom is -0.207 e. The van der Waals surface area contributed by atoms with E-state index < -0.39 is 11.6 Å². The molecule has 0 aromatic heterocycles. The molecule has 1 unspecified atom stereocenters. The molecule has 0 aliphatic heterocycles. The first kappa shape index (κ1) is 13.7. The molecule has 1 aliphatic carbocycles. The van der Waals surface area contributed by atoms with Crippen molar-refractivity contribution in [3.8, 4) is 0 Å². The Morgan fingerprint density at radius 2 is 1.65 bits per heavy atom. The van der Waals surface area contributed by atoms with E-state index in [1.807, 2.05) is 12.1 Å². The van der Waals surface area contributed by atoms with Gasteiger partial charge in [-0.05, 0) is 48.4 Å². The van der Waals surface area contributed by atoms with Crippen LogP contribution in [0.2, 0.25) is 0 Å². The van der Waals surface area contributed by atoms with Crippen molar-refractivity contribution >= 4 is 15.9 Å². The summed E-state index contributed by atoms with van der Waals surface area (Å²) in [4.78, 5) is -0.0887. The van der Waals surface area contributed by atoms with Gasteiger partial charge in [0.25, 0.3) is 0 Å². The van der Waals surface area contributed by atoms with Crippen LogP contribution in [0.3, 0.4) is 0 Å². The van der Waals surface area contributed by atoms with Gasteiger partial charge in [-0.25, -0.2) is 8.78 Å². The number of fused-ring (bicyclic) bond motifs is 1. The summed E-state index contributed by atoms with van der Waals surface area (Å²) in [6.45, 7) is 1.67. The molecule has 0 bridgehead atoms. The normalized spacial score (nSPS) is 16.2. The predicted octanol–water partition coefficient (Wildman–Crippen LogP) is 5.12. The number of alkyl halides is 1. The van der Waals surface area contributed by atoms with Crippen LogP contribution in [0.15, 0.2) is 36.4 Å². The Morgan fingerprint density at radius 3 is 2.25 bits per heavy atom. The summed E-state index contributed by atoms with van der Waals surface area (Å²) in [7, 11) is 0. The first-order chi connectivity index (χ1) is 9.56. The predicted molar refractivity (Wildman–Crippen MR) is 80.1 cm³/mol. The molecule has 0 amide bonds. The topological polar surface area (TPSA) is 0 Å². The fraction of sp³-hybridized carbons (Fsp3) is 0.294. The van der Waals surface area contributed by atoms with E-state index in [0.717, 1.165) is 18.9 Å². The summed E-state index contributed by atoms with van der Waals surface area (Å²) in [6.07, 6.45) is 1.86. The Labute approximate surface area is 126 Å². The number of aryl methyl sites for hydroxylation is 1. The molecule has 0 saturated heterocycles. The Kier molecular flexibility index (Phi) is 3.63. The average Bonchev–Trinajstić information content (AvgIpc) is 2.86. The molecule has 1 aliphatic rings. The highest BCUT2D eigenvalue weighted by Crippen LogP contribution is 2.41. The van der Waals surface area contributed by atoms with Crippen molar-refractivity contribution in [3.05, 3.63) is 70.3 Å². The third kappa shape index (κ3) is 2.39. The largest absolute Gasteiger partial charge is 0.207 e. The quantitative estimate of drug-likeness (QED) is 0.667. The van der Waals surface area contributed by atoms with Crippen molar-refractivity contribution in [2.45, 2.75) is 24.6 Å². The molecule has 0 radical (unpaired) electrons. The molecule has 1 atom stereocenters.